The number of amides is 1. The fourth-order valence-electron chi connectivity index (χ4n) is 2.87. The predicted octanol–water partition coefficient (Wildman–Crippen LogP) is 3.94. The summed E-state index contributed by atoms with van der Waals surface area (Å²) in [5, 5.41) is 4.96. The van der Waals surface area contributed by atoms with Crippen molar-refractivity contribution in [2.24, 2.45) is 0 Å². The molecule has 0 fully saturated rings. The first-order valence-corrected chi connectivity index (χ1v) is 8.75. The fourth-order valence-corrected chi connectivity index (χ4v) is 2.87. The lowest BCUT2D eigenvalue weighted by Crippen LogP contribution is -2.35. The Labute approximate surface area is 158 Å². The minimum atomic E-state index is -0.615. The molecular formula is C22H23NO4. The molecule has 0 saturated heterocycles. The minimum absolute atomic E-state index is 0.183. The van der Waals surface area contributed by atoms with Gasteiger partial charge in [-0.05, 0) is 36.1 Å². The number of hydrogen-bond donors (Lipinski definition) is 1. The van der Waals surface area contributed by atoms with Gasteiger partial charge in [0.05, 0.1) is 14.2 Å². The smallest absolute Gasteiger partial charge is 0.261 e. The highest BCUT2D eigenvalue weighted by molar-refractivity contribution is 5.89. The first-order valence-electron chi connectivity index (χ1n) is 8.75. The number of carbonyl (C=O) groups is 1. The van der Waals surface area contributed by atoms with Crippen molar-refractivity contribution in [3.05, 3.63) is 66.2 Å². The standard InChI is InChI=1S/C22H23NO4/c1-15(27-19-10-6-8-17-7-4-5-9-18(17)19)22(24)23-14-16-11-12-20(25-2)21(13-16)26-3/h4-13,15H,14H2,1-3H3,(H,23,24)/t15-/m1/s1. The zero-order valence-electron chi connectivity index (χ0n) is 15.7. The van der Waals surface area contributed by atoms with Crippen LogP contribution in [0.25, 0.3) is 10.8 Å². The van der Waals surface area contributed by atoms with Crippen molar-refractivity contribution >= 4 is 16.7 Å². The summed E-state index contributed by atoms with van der Waals surface area (Å²) in [7, 11) is 3.17. The second-order valence-electron chi connectivity index (χ2n) is 6.14. The van der Waals surface area contributed by atoms with Gasteiger partial charge in [-0.3, -0.25) is 4.79 Å². The number of methoxy groups -OCH3 is 2. The molecule has 1 amide bonds. The molecule has 5 heteroatoms. The molecule has 0 aliphatic rings. The maximum atomic E-state index is 12.4. The molecule has 0 aliphatic carbocycles. The minimum Gasteiger partial charge on any atom is -0.493 e. The van der Waals surface area contributed by atoms with Gasteiger partial charge in [0, 0.05) is 11.9 Å². The van der Waals surface area contributed by atoms with E-state index >= 15 is 0 Å². The normalized spacial score (nSPS) is 11.7. The van der Waals surface area contributed by atoms with Crippen LogP contribution in [-0.2, 0) is 11.3 Å². The molecule has 0 aromatic heterocycles. The van der Waals surface area contributed by atoms with Crippen LogP contribution in [0.3, 0.4) is 0 Å². The molecular weight excluding hydrogens is 342 g/mol. The van der Waals surface area contributed by atoms with Crippen molar-refractivity contribution in [2.75, 3.05) is 14.2 Å². The van der Waals surface area contributed by atoms with Gasteiger partial charge in [-0.25, -0.2) is 0 Å². The SMILES string of the molecule is COc1ccc(CNC(=O)[C@@H](C)Oc2cccc3ccccc23)cc1OC. The van der Waals surface area contributed by atoms with E-state index in [2.05, 4.69) is 5.32 Å². The van der Waals surface area contributed by atoms with E-state index in [0.29, 0.717) is 23.8 Å². The van der Waals surface area contributed by atoms with Crippen LogP contribution in [0, 0.1) is 0 Å². The number of carbonyl (C=O) groups excluding carboxylic acids is 1. The summed E-state index contributed by atoms with van der Waals surface area (Å²) in [6, 6.07) is 19.3. The third-order valence-electron chi connectivity index (χ3n) is 4.34. The summed E-state index contributed by atoms with van der Waals surface area (Å²) in [4.78, 5) is 12.4. The molecule has 1 atom stereocenters. The van der Waals surface area contributed by atoms with Gasteiger partial charge in [0.25, 0.3) is 5.91 Å². The van der Waals surface area contributed by atoms with Gasteiger partial charge in [0.2, 0.25) is 0 Å². The van der Waals surface area contributed by atoms with Crippen LogP contribution in [0.1, 0.15) is 12.5 Å². The number of nitrogens with one attached hydrogen (secondary N) is 1. The third kappa shape index (κ3) is 4.31. The van der Waals surface area contributed by atoms with Crippen LogP contribution in [0.5, 0.6) is 17.2 Å². The number of hydrogen-bond acceptors (Lipinski definition) is 4. The molecule has 0 aliphatic heterocycles. The van der Waals surface area contributed by atoms with Crippen molar-refractivity contribution in [3.63, 3.8) is 0 Å². The molecule has 0 unspecified atom stereocenters. The van der Waals surface area contributed by atoms with Crippen LogP contribution in [-0.4, -0.2) is 26.2 Å². The van der Waals surface area contributed by atoms with Crippen molar-refractivity contribution in [2.45, 2.75) is 19.6 Å². The van der Waals surface area contributed by atoms with E-state index in [-0.39, 0.29) is 5.91 Å². The highest BCUT2D eigenvalue weighted by Crippen LogP contribution is 2.28. The Morgan fingerprint density at radius 3 is 2.44 bits per heavy atom. The van der Waals surface area contributed by atoms with Crippen molar-refractivity contribution in [1.82, 2.24) is 5.32 Å². The van der Waals surface area contributed by atoms with Crippen LogP contribution < -0.4 is 19.5 Å². The second kappa shape index (κ2) is 8.45. The van der Waals surface area contributed by atoms with E-state index in [1.54, 1.807) is 21.1 Å². The van der Waals surface area contributed by atoms with E-state index in [0.717, 1.165) is 16.3 Å². The molecule has 3 aromatic carbocycles. The van der Waals surface area contributed by atoms with Gasteiger partial charge in [0.1, 0.15) is 5.75 Å². The summed E-state index contributed by atoms with van der Waals surface area (Å²) in [6.45, 7) is 2.12. The maximum absolute atomic E-state index is 12.4. The fraction of sp³-hybridized carbons (Fsp3) is 0.227. The van der Waals surface area contributed by atoms with Crippen molar-refractivity contribution < 1.29 is 19.0 Å². The molecule has 3 aromatic rings. The van der Waals surface area contributed by atoms with Crippen LogP contribution in [0.2, 0.25) is 0 Å². The number of fused-ring (bicyclic) bond motifs is 1. The predicted molar refractivity (Wildman–Crippen MR) is 105 cm³/mol. The summed E-state index contributed by atoms with van der Waals surface area (Å²) in [5.41, 5.74) is 0.915. The van der Waals surface area contributed by atoms with E-state index in [9.17, 15) is 4.79 Å². The summed E-state index contributed by atoms with van der Waals surface area (Å²) < 4.78 is 16.4. The zero-order valence-corrected chi connectivity index (χ0v) is 15.7. The highest BCUT2D eigenvalue weighted by atomic mass is 16.5. The largest absolute Gasteiger partial charge is 0.493 e. The van der Waals surface area contributed by atoms with E-state index in [1.165, 1.54) is 0 Å². The molecule has 3 rings (SSSR count). The molecule has 27 heavy (non-hydrogen) atoms. The molecule has 0 spiro atoms. The van der Waals surface area contributed by atoms with E-state index < -0.39 is 6.10 Å². The van der Waals surface area contributed by atoms with Crippen LogP contribution >= 0.6 is 0 Å². The zero-order chi connectivity index (χ0) is 19.2. The van der Waals surface area contributed by atoms with Gasteiger partial charge >= 0.3 is 0 Å². The molecule has 140 valence electrons. The van der Waals surface area contributed by atoms with Crippen molar-refractivity contribution in [3.8, 4) is 17.2 Å². The lowest BCUT2D eigenvalue weighted by atomic mass is 10.1. The molecule has 1 N–H and O–H groups in total. The monoisotopic (exact) mass is 365 g/mol. The van der Waals surface area contributed by atoms with Gasteiger partial charge in [-0.2, -0.15) is 0 Å². The number of rotatable bonds is 7. The van der Waals surface area contributed by atoms with E-state index in [1.807, 2.05) is 60.7 Å². The van der Waals surface area contributed by atoms with Gasteiger partial charge in [-0.1, -0.05) is 42.5 Å². The maximum Gasteiger partial charge on any atom is 0.261 e. The van der Waals surface area contributed by atoms with Gasteiger partial charge in [-0.15, -0.1) is 0 Å². The summed E-state index contributed by atoms with van der Waals surface area (Å²) >= 11 is 0. The lowest BCUT2D eigenvalue weighted by Gasteiger charge is -2.16. The Bertz CT molecular complexity index is 933. The number of ether oxygens (including phenoxy) is 3. The topological polar surface area (TPSA) is 56.8 Å². The lowest BCUT2D eigenvalue weighted by molar-refractivity contribution is -0.127. The molecule has 0 saturated carbocycles. The Kier molecular flexibility index (Phi) is 5.81. The number of benzene rings is 3. The first-order chi connectivity index (χ1) is 13.1. The summed E-state index contributed by atoms with van der Waals surface area (Å²) in [5.74, 6) is 1.80. The Balaban J connectivity index is 1.64. The first kappa shape index (κ1) is 18.6. The van der Waals surface area contributed by atoms with Gasteiger partial charge < -0.3 is 19.5 Å². The summed E-state index contributed by atoms with van der Waals surface area (Å²) in [6.07, 6.45) is -0.615. The Morgan fingerprint density at radius 2 is 1.67 bits per heavy atom. The van der Waals surface area contributed by atoms with Gasteiger partial charge in [0.15, 0.2) is 17.6 Å². The quantitative estimate of drug-likeness (QED) is 0.689. The van der Waals surface area contributed by atoms with Crippen molar-refractivity contribution in [1.29, 1.82) is 0 Å². The average molecular weight is 365 g/mol. The van der Waals surface area contributed by atoms with Crippen LogP contribution in [0.4, 0.5) is 0 Å². The molecule has 0 bridgehead atoms. The Morgan fingerprint density at radius 1 is 0.926 bits per heavy atom. The van der Waals surface area contributed by atoms with Crippen LogP contribution in [0.15, 0.2) is 60.7 Å². The Hall–Kier alpha value is -3.21. The average Bonchev–Trinajstić information content (AvgIpc) is 2.71. The molecule has 0 heterocycles. The second-order valence-corrected chi connectivity index (χ2v) is 6.14. The highest BCUT2D eigenvalue weighted by Gasteiger charge is 2.16. The third-order valence-corrected chi connectivity index (χ3v) is 4.34. The molecule has 5 nitrogen and oxygen atoms in total. The molecule has 0 radical (unpaired) electrons. The van der Waals surface area contributed by atoms with E-state index in [4.69, 9.17) is 14.2 Å².